The van der Waals surface area contributed by atoms with Crippen LogP contribution in [-0.4, -0.2) is 32.6 Å². The van der Waals surface area contributed by atoms with E-state index in [2.05, 4.69) is 22.2 Å². The van der Waals surface area contributed by atoms with Crippen molar-refractivity contribution < 1.29 is 9.84 Å². The fraction of sp³-hybridized carbons (Fsp3) is 0.438. The standard InChI is InChI=1S/C16H18N4O2/c17-8-16-18-11-20(19-16)9-13(21)10-22-15-7-3-5-12-4-1-2-6-14(12)15/h1-2,4,6,11,13,15,21H,3,5,7,9-10H2/t13-,15-/m0/s1. The third-order valence-corrected chi connectivity index (χ3v) is 3.84. The number of nitriles is 1. The summed E-state index contributed by atoms with van der Waals surface area (Å²) in [4.78, 5) is 3.81. The summed E-state index contributed by atoms with van der Waals surface area (Å²) < 4.78 is 7.36. The van der Waals surface area contributed by atoms with Gasteiger partial charge in [0.15, 0.2) is 0 Å². The Labute approximate surface area is 129 Å². The molecule has 1 aliphatic rings. The second-order valence-electron chi connectivity index (χ2n) is 5.47. The molecule has 0 unspecified atom stereocenters. The highest BCUT2D eigenvalue weighted by Crippen LogP contribution is 2.32. The molecule has 0 spiro atoms. The third kappa shape index (κ3) is 3.32. The van der Waals surface area contributed by atoms with E-state index in [4.69, 9.17) is 10.00 Å². The number of aliphatic hydroxyl groups is 1. The molecule has 0 bridgehead atoms. The smallest absolute Gasteiger partial charge is 0.252 e. The van der Waals surface area contributed by atoms with E-state index in [1.54, 1.807) is 0 Å². The molecule has 0 aliphatic heterocycles. The zero-order chi connectivity index (χ0) is 15.4. The minimum Gasteiger partial charge on any atom is -0.389 e. The minimum atomic E-state index is -0.678. The Hall–Kier alpha value is -2.23. The summed E-state index contributed by atoms with van der Waals surface area (Å²) in [5, 5.41) is 22.7. The monoisotopic (exact) mass is 298 g/mol. The number of ether oxygens (including phenoxy) is 1. The Morgan fingerprint density at radius 3 is 3.14 bits per heavy atom. The van der Waals surface area contributed by atoms with Crippen molar-refractivity contribution in [1.82, 2.24) is 14.8 Å². The number of aliphatic hydroxyl groups excluding tert-OH is 1. The van der Waals surface area contributed by atoms with Gasteiger partial charge in [0, 0.05) is 0 Å². The van der Waals surface area contributed by atoms with Gasteiger partial charge >= 0.3 is 0 Å². The third-order valence-electron chi connectivity index (χ3n) is 3.84. The lowest BCUT2D eigenvalue weighted by Gasteiger charge is -2.26. The van der Waals surface area contributed by atoms with E-state index in [0.717, 1.165) is 19.3 Å². The van der Waals surface area contributed by atoms with Crippen LogP contribution in [0, 0.1) is 11.3 Å². The van der Waals surface area contributed by atoms with Crippen LogP contribution in [0.4, 0.5) is 0 Å². The number of hydrogen-bond donors (Lipinski definition) is 1. The molecule has 0 fully saturated rings. The number of rotatable bonds is 5. The van der Waals surface area contributed by atoms with Crippen molar-refractivity contribution in [3.05, 3.63) is 47.5 Å². The van der Waals surface area contributed by atoms with Gasteiger partial charge in [-0.05, 0) is 30.4 Å². The molecular formula is C16H18N4O2. The van der Waals surface area contributed by atoms with E-state index >= 15 is 0 Å². The average Bonchev–Trinajstić information content (AvgIpc) is 3.00. The van der Waals surface area contributed by atoms with Gasteiger partial charge in [0.25, 0.3) is 5.82 Å². The SMILES string of the molecule is N#Cc1ncn(C[C@H](O)CO[C@H]2CCCc3ccccc32)n1. The molecule has 0 saturated carbocycles. The van der Waals surface area contributed by atoms with Crippen molar-refractivity contribution in [3.8, 4) is 6.07 Å². The van der Waals surface area contributed by atoms with Crippen LogP contribution < -0.4 is 0 Å². The molecule has 0 radical (unpaired) electrons. The summed E-state index contributed by atoms with van der Waals surface area (Å²) >= 11 is 0. The van der Waals surface area contributed by atoms with E-state index < -0.39 is 6.10 Å². The lowest BCUT2D eigenvalue weighted by atomic mass is 9.89. The van der Waals surface area contributed by atoms with Gasteiger partial charge in [0.05, 0.1) is 25.4 Å². The maximum Gasteiger partial charge on any atom is 0.252 e. The molecule has 2 atom stereocenters. The Bertz CT molecular complexity index is 677. The van der Waals surface area contributed by atoms with Gasteiger partial charge in [-0.2, -0.15) is 5.26 Å². The summed E-state index contributed by atoms with van der Waals surface area (Å²) in [6.07, 6.45) is 3.98. The first-order chi connectivity index (χ1) is 10.8. The molecule has 0 amide bonds. The molecule has 2 aromatic rings. The predicted octanol–water partition coefficient (Wildman–Crippen LogP) is 1.60. The molecule has 1 aromatic heterocycles. The van der Waals surface area contributed by atoms with Crippen LogP contribution >= 0.6 is 0 Å². The van der Waals surface area contributed by atoms with Crippen LogP contribution in [0.5, 0.6) is 0 Å². The molecule has 0 saturated heterocycles. The molecule has 114 valence electrons. The summed E-state index contributed by atoms with van der Waals surface area (Å²) in [7, 11) is 0. The molecule has 1 N–H and O–H groups in total. The second-order valence-corrected chi connectivity index (χ2v) is 5.47. The Morgan fingerprint density at radius 2 is 2.32 bits per heavy atom. The predicted molar refractivity (Wildman–Crippen MR) is 78.8 cm³/mol. The maximum absolute atomic E-state index is 10.1. The van der Waals surface area contributed by atoms with Crippen LogP contribution in [0.3, 0.4) is 0 Å². The van der Waals surface area contributed by atoms with Crippen molar-refractivity contribution in [2.24, 2.45) is 0 Å². The Balaban J connectivity index is 1.55. The van der Waals surface area contributed by atoms with E-state index in [9.17, 15) is 5.11 Å². The number of fused-ring (bicyclic) bond motifs is 1. The van der Waals surface area contributed by atoms with Crippen molar-refractivity contribution >= 4 is 0 Å². The highest BCUT2D eigenvalue weighted by atomic mass is 16.5. The quantitative estimate of drug-likeness (QED) is 0.906. The summed E-state index contributed by atoms with van der Waals surface area (Å²) in [5.41, 5.74) is 2.57. The second kappa shape index (κ2) is 6.69. The number of benzene rings is 1. The molecule has 1 aliphatic carbocycles. The summed E-state index contributed by atoms with van der Waals surface area (Å²) in [6, 6.07) is 10.2. The van der Waals surface area contributed by atoms with Crippen LogP contribution in [0.1, 0.15) is 35.9 Å². The molecule has 6 heteroatoms. The Kier molecular flexibility index (Phi) is 4.47. The van der Waals surface area contributed by atoms with Crippen LogP contribution in [-0.2, 0) is 17.7 Å². The highest BCUT2D eigenvalue weighted by Gasteiger charge is 2.21. The lowest BCUT2D eigenvalue weighted by Crippen LogP contribution is -2.24. The average molecular weight is 298 g/mol. The molecule has 1 heterocycles. The normalized spacial score (nSPS) is 18.5. The zero-order valence-electron chi connectivity index (χ0n) is 12.2. The van der Waals surface area contributed by atoms with Crippen molar-refractivity contribution in [2.45, 2.75) is 38.0 Å². The molecular weight excluding hydrogens is 280 g/mol. The fourth-order valence-electron chi connectivity index (χ4n) is 2.81. The first kappa shape index (κ1) is 14.7. The topological polar surface area (TPSA) is 84.0 Å². The first-order valence-electron chi connectivity index (χ1n) is 7.43. The van der Waals surface area contributed by atoms with Gasteiger partial charge in [-0.1, -0.05) is 24.3 Å². The van der Waals surface area contributed by atoms with Gasteiger partial charge in [-0.15, -0.1) is 5.10 Å². The number of aromatic nitrogens is 3. The van der Waals surface area contributed by atoms with E-state index in [1.165, 1.54) is 22.1 Å². The molecule has 22 heavy (non-hydrogen) atoms. The summed E-state index contributed by atoms with van der Waals surface area (Å²) in [5.74, 6) is 0.106. The van der Waals surface area contributed by atoms with E-state index in [-0.39, 0.29) is 25.1 Å². The van der Waals surface area contributed by atoms with Crippen LogP contribution in [0.15, 0.2) is 30.6 Å². The minimum absolute atomic E-state index is 0.0463. The Morgan fingerprint density at radius 1 is 1.45 bits per heavy atom. The number of aryl methyl sites for hydroxylation is 1. The van der Waals surface area contributed by atoms with Gasteiger partial charge in [-0.25, -0.2) is 9.67 Å². The maximum atomic E-state index is 10.1. The first-order valence-corrected chi connectivity index (χ1v) is 7.43. The van der Waals surface area contributed by atoms with Crippen molar-refractivity contribution in [2.75, 3.05) is 6.61 Å². The summed E-state index contributed by atoms with van der Waals surface area (Å²) in [6.45, 7) is 0.504. The molecule has 6 nitrogen and oxygen atoms in total. The van der Waals surface area contributed by atoms with Gasteiger partial charge < -0.3 is 9.84 Å². The zero-order valence-corrected chi connectivity index (χ0v) is 12.2. The van der Waals surface area contributed by atoms with Crippen LogP contribution in [0.2, 0.25) is 0 Å². The largest absolute Gasteiger partial charge is 0.389 e. The number of nitrogens with zero attached hydrogens (tertiary/aromatic N) is 4. The van der Waals surface area contributed by atoms with Crippen molar-refractivity contribution in [1.29, 1.82) is 5.26 Å². The molecule has 3 rings (SSSR count). The number of hydrogen-bond acceptors (Lipinski definition) is 5. The fourth-order valence-corrected chi connectivity index (χ4v) is 2.81. The highest BCUT2D eigenvalue weighted by molar-refractivity contribution is 5.31. The van der Waals surface area contributed by atoms with Crippen LogP contribution in [0.25, 0.3) is 0 Å². The molecule has 1 aromatic carbocycles. The van der Waals surface area contributed by atoms with Gasteiger partial charge in [0.2, 0.25) is 0 Å². The van der Waals surface area contributed by atoms with Gasteiger partial charge in [0.1, 0.15) is 12.4 Å². The van der Waals surface area contributed by atoms with E-state index in [1.807, 2.05) is 18.2 Å². The lowest BCUT2D eigenvalue weighted by molar-refractivity contribution is -0.0236. The van der Waals surface area contributed by atoms with Crippen molar-refractivity contribution in [3.63, 3.8) is 0 Å². The van der Waals surface area contributed by atoms with E-state index in [0.29, 0.717) is 0 Å². The van der Waals surface area contributed by atoms with Gasteiger partial charge in [-0.3, -0.25) is 0 Å².